The summed E-state index contributed by atoms with van der Waals surface area (Å²) in [6, 6.07) is 65.7. The lowest BCUT2D eigenvalue weighted by atomic mass is 9.98. The Hall–Kier alpha value is -8.38. The van der Waals surface area contributed by atoms with Crippen LogP contribution >= 0.6 is 11.3 Å². The van der Waals surface area contributed by atoms with Gasteiger partial charge >= 0.3 is 0 Å². The number of fused-ring (bicyclic) bond motifs is 14. The van der Waals surface area contributed by atoms with Gasteiger partial charge in [-0.1, -0.05) is 128 Å². The molecule has 66 heavy (non-hydrogen) atoms. The highest BCUT2D eigenvalue weighted by Gasteiger charge is 2.24. The van der Waals surface area contributed by atoms with E-state index < -0.39 is 0 Å². The van der Waals surface area contributed by atoms with Crippen LogP contribution in [0.15, 0.2) is 203 Å². The lowest BCUT2D eigenvalue weighted by Gasteiger charge is -2.13. The first-order valence-electron chi connectivity index (χ1n) is 22.4. The van der Waals surface area contributed by atoms with Crippen LogP contribution in [0.25, 0.3) is 143 Å². The SMILES string of the molecule is C=Cc1c(/C=C\C)n(-c2ccccc2)c2c(-c3ccc4sc5ccc(-c6ccc7c(c6)c6ccccc6n7-c6cc7oc8ccccc8c7c7c6oc6ccccc67)cc5c4c3)cccc12. The molecule has 5 heterocycles. The van der Waals surface area contributed by atoms with Crippen LogP contribution in [-0.2, 0) is 0 Å². The summed E-state index contributed by atoms with van der Waals surface area (Å²) in [6.07, 6.45) is 6.30. The normalized spacial score (nSPS) is 12.3. The van der Waals surface area contributed by atoms with Gasteiger partial charge in [0.1, 0.15) is 16.7 Å². The molecule has 0 N–H and O–H groups in total. The number of rotatable bonds is 6. The molecule has 0 aliphatic carbocycles. The third-order valence-corrected chi connectivity index (χ3v) is 14.8. The van der Waals surface area contributed by atoms with Crippen molar-refractivity contribution >= 4 is 120 Å². The number of para-hydroxylation sites is 5. The fraction of sp³-hybridized carbons (Fsp3) is 0.0164. The van der Waals surface area contributed by atoms with Crippen molar-refractivity contribution in [1.82, 2.24) is 9.13 Å². The van der Waals surface area contributed by atoms with Crippen LogP contribution in [0.3, 0.4) is 0 Å². The van der Waals surface area contributed by atoms with Crippen LogP contribution in [0.1, 0.15) is 18.2 Å². The van der Waals surface area contributed by atoms with Crippen molar-refractivity contribution in [2.75, 3.05) is 0 Å². The van der Waals surface area contributed by atoms with Crippen molar-refractivity contribution in [3.05, 3.63) is 206 Å². The van der Waals surface area contributed by atoms with E-state index in [9.17, 15) is 0 Å². The van der Waals surface area contributed by atoms with Crippen molar-refractivity contribution in [2.45, 2.75) is 6.92 Å². The van der Waals surface area contributed by atoms with E-state index >= 15 is 0 Å². The molecule has 0 aliphatic rings. The second kappa shape index (κ2) is 14.1. The van der Waals surface area contributed by atoms with Gasteiger partial charge in [0.05, 0.1) is 27.9 Å². The van der Waals surface area contributed by atoms with Crippen molar-refractivity contribution in [2.24, 2.45) is 0 Å². The maximum absolute atomic E-state index is 6.83. The summed E-state index contributed by atoms with van der Waals surface area (Å²) in [5.74, 6) is 0. The van der Waals surface area contributed by atoms with Gasteiger partial charge in [-0.2, -0.15) is 0 Å². The number of benzene rings is 9. The maximum atomic E-state index is 6.83. The fourth-order valence-electron chi connectivity index (χ4n) is 10.8. The molecule has 9 aromatic carbocycles. The monoisotopic (exact) mass is 862 g/mol. The Bertz CT molecular complexity index is 4380. The summed E-state index contributed by atoms with van der Waals surface area (Å²) in [5.41, 5.74) is 15.9. The fourth-order valence-corrected chi connectivity index (χ4v) is 11.9. The molecule has 5 heteroatoms. The van der Waals surface area contributed by atoms with Crippen LogP contribution < -0.4 is 0 Å². The maximum Gasteiger partial charge on any atom is 0.160 e. The number of thiophene rings is 1. The number of aromatic nitrogens is 2. The van der Waals surface area contributed by atoms with Gasteiger partial charge in [-0.15, -0.1) is 11.3 Å². The molecule has 5 aromatic heterocycles. The number of hydrogen-bond donors (Lipinski definition) is 0. The summed E-state index contributed by atoms with van der Waals surface area (Å²) in [5, 5.41) is 10.4. The van der Waals surface area contributed by atoms with Crippen LogP contribution in [0.2, 0.25) is 0 Å². The minimum absolute atomic E-state index is 0.842. The summed E-state index contributed by atoms with van der Waals surface area (Å²) in [6.45, 7) is 6.34. The average molecular weight is 863 g/mol. The highest BCUT2D eigenvalue weighted by molar-refractivity contribution is 7.25. The van der Waals surface area contributed by atoms with E-state index in [0.717, 1.165) is 77.5 Å². The predicted octanol–water partition coefficient (Wildman–Crippen LogP) is 17.9. The Kier molecular flexibility index (Phi) is 7.89. The van der Waals surface area contributed by atoms with Gasteiger partial charge in [0.2, 0.25) is 0 Å². The number of furan rings is 2. The Balaban J connectivity index is 0.948. The minimum Gasteiger partial charge on any atom is -0.456 e. The molecule has 0 aliphatic heterocycles. The number of hydrogen-bond acceptors (Lipinski definition) is 3. The molecule has 14 rings (SSSR count). The second-order valence-corrected chi connectivity index (χ2v) is 18.2. The van der Waals surface area contributed by atoms with E-state index in [1.54, 1.807) is 0 Å². The number of nitrogens with zero attached hydrogens (tertiary/aromatic N) is 2. The average Bonchev–Trinajstić information content (AvgIpc) is 4.18. The quantitative estimate of drug-likeness (QED) is 0.167. The van der Waals surface area contributed by atoms with Crippen LogP contribution in [0.4, 0.5) is 0 Å². The Morgan fingerprint density at radius 2 is 1.11 bits per heavy atom. The molecule has 0 saturated carbocycles. The standard InChI is InChI=1S/C61H38N2O2S/c1-3-15-49-40(4-2)43-22-14-21-41(60(43)62(49)39-16-6-5-7-17-39)38-28-31-57-48(34-38)47-33-37(27-30-56(47)66-57)36-26-29-51-46(32-36)42-18-8-11-23-50(42)63(51)52-35-55-58(44-19-9-12-24-53(44)64-55)59-45-20-10-13-25-54(45)65-61(52)59/h3-35H,2H2,1H3/b15-3-. The molecule has 0 unspecified atom stereocenters. The van der Waals surface area contributed by atoms with Crippen molar-refractivity contribution in [1.29, 1.82) is 0 Å². The van der Waals surface area contributed by atoms with Crippen molar-refractivity contribution < 1.29 is 8.83 Å². The van der Waals surface area contributed by atoms with Gasteiger partial charge in [-0.25, -0.2) is 0 Å². The van der Waals surface area contributed by atoms with Gasteiger partial charge in [-0.05, 0) is 96.4 Å². The van der Waals surface area contributed by atoms with E-state index in [-0.39, 0.29) is 0 Å². The van der Waals surface area contributed by atoms with Crippen LogP contribution in [-0.4, -0.2) is 9.13 Å². The zero-order valence-corrected chi connectivity index (χ0v) is 36.7. The van der Waals surface area contributed by atoms with Gasteiger partial charge in [0.25, 0.3) is 0 Å². The highest BCUT2D eigenvalue weighted by atomic mass is 32.1. The topological polar surface area (TPSA) is 36.1 Å². The first-order chi connectivity index (χ1) is 32.6. The highest BCUT2D eigenvalue weighted by Crippen LogP contribution is 2.46. The molecule has 0 saturated heterocycles. The molecule has 4 nitrogen and oxygen atoms in total. The third kappa shape index (κ3) is 5.20. The number of allylic oxidation sites excluding steroid dienone is 1. The molecule has 14 aromatic rings. The third-order valence-electron chi connectivity index (χ3n) is 13.6. The molecule has 0 atom stereocenters. The Labute approximate surface area is 382 Å². The van der Waals surface area contributed by atoms with Gasteiger partial charge in [0.15, 0.2) is 5.58 Å². The van der Waals surface area contributed by atoms with Crippen LogP contribution in [0.5, 0.6) is 0 Å². The smallest absolute Gasteiger partial charge is 0.160 e. The van der Waals surface area contributed by atoms with Gasteiger partial charge < -0.3 is 18.0 Å². The molecule has 0 spiro atoms. The zero-order chi connectivity index (χ0) is 43.6. The Morgan fingerprint density at radius 3 is 1.88 bits per heavy atom. The minimum atomic E-state index is 0.842. The van der Waals surface area contributed by atoms with Gasteiger partial charge in [-0.3, -0.25) is 0 Å². The lowest BCUT2D eigenvalue weighted by Crippen LogP contribution is -1.98. The first-order valence-corrected chi connectivity index (χ1v) is 23.2. The van der Waals surface area contributed by atoms with Crippen LogP contribution in [0, 0.1) is 0 Å². The molecule has 0 radical (unpaired) electrons. The lowest BCUT2D eigenvalue weighted by molar-refractivity contribution is 0.660. The molecule has 0 bridgehead atoms. The summed E-state index contributed by atoms with van der Waals surface area (Å²) in [7, 11) is 0. The van der Waals surface area contributed by atoms with Crippen molar-refractivity contribution in [3.63, 3.8) is 0 Å². The summed E-state index contributed by atoms with van der Waals surface area (Å²) in [4.78, 5) is 0. The van der Waals surface area contributed by atoms with E-state index in [4.69, 9.17) is 8.83 Å². The molecule has 0 amide bonds. The van der Waals surface area contributed by atoms with Gasteiger partial charge in [0, 0.05) is 80.8 Å². The van der Waals surface area contributed by atoms with E-state index in [1.807, 2.05) is 35.6 Å². The van der Waals surface area contributed by atoms with E-state index in [1.165, 1.54) is 64.1 Å². The predicted molar refractivity (Wildman–Crippen MR) is 281 cm³/mol. The summed E-state index contributed by atoms with van der Waals surface area (Å²) < 4.78 is 20.7. The molecule has 0 fully saturated rings. The summed E-state index contributed by atoms with van der Waals surface area (Å²) >= 11 is 1.85. The van der Waals surface area contributed by atoms with Crippen molar-refractivity contribution in [3.8, 4) is 33.6 Å². The van der Waals surface area contributed by atoms with E-state index in [2.05, 4.69) is 199 Å². The largest absolute Gasteiger partial charge is 0.456 e. The Morgan fingerprint density at radius 1 is 0.485 bits per heavy atom. The first kappa shape index (κ1) is 37.0. The molecular formula is C61H38N2O2S. The molecular weight excluding hydrogens is 825 g/mol. The zero-order valence-electron chi connectivity index (χ0n) is 35.9. The second-order valence-electron chi connectivity index (χ2n) is 17.2. The molecule has 310 valence electrons. The van der Waals surface area contributed by atoms with E-state index in [0.29, 0.717) is 0 Å².